The maximum atomic E-state index is 5.36. The van der Waals surface area contributed by atoms with Gasteiger partial charge < -0.3 is 10.1 Å². The fraction of sp³-hybridized carbons (Fsp3) is 0.684. The van der Waals surface area contributed by atoms with E-state index in [1.54, 1.807) is 7.11 Å². The number of hydrogen-bond acceptors (Lipinski definition) is 2. The Morgan fingerprint density at radius 2 is 2.00 bits per heavy atom. The van der Waals surface area contributed by atoms with Gasteiger partial charge in [-0.05, 0) is 67.3 Å². The minimum atomic E-state index is 0.652. The van der Waals surface area contributed by atoms with Crippen molar-refractivity contribution >= 4 is 0 Å². The van der Waals surface area contributed by atoms with E-state index < -0.39 is 0 Å². The van der Waals surface area contributed by atoms with Crippen LogP contribution in [0.2, 0.25) is 0 Å². The van der Waals surface area contributed by atoms with Crippen LogP contribution in [0.3, 0.4) is 0 Å². The Kier molecular flexibility index (Phi) is 4.84. The molecule has 0 aromatic heterocycles. The van der Waals surface area contributed by atoms with Crippen LogP contribution in [0.15, 0.2) is 18.2 Å². The largest absolute Gasteiger partial charge is 0.497 e. The van der Waals surface area contributed by atoms with E-state index >= 15 is 0 Å². The molecule has 3 atom stereocenters. The Bertz CT molecular complexity index is 471. The first kappa shape index (κ1) is 14.9. The van der Waals surface area contributed by atoms with Crippen LogP contribution in [0, 0.1) is 11.8 Å². The molecule has 3 unspecified atom stereocenters. The predicted molar refractivity (Wildman–Crippen MR) is 87.9 cm³/mol. The fourth-order valence-electron chi connectivity index (χ4n) is 4.05. The van der Waals surface area contributed by atoms with Crippen LogP contribution >= 0.6 is 0 Å². The van der Waals surface area contributed by atoms with Crippen molar-refractivity contribution < 1.29 is 4.74 Å². The van der Waals surface area contributed by atoms with Crippen molar-refractivity contribution in [3.63, 3.8) is 0 Å². The predicted octanol–water partition coefficient (Wildman–Crippen LogP) is 3.97. The maximum Gasteiger partial charge on any atom is 0.119 e. The van der Waals surface area contributed by atoms with E-state index in [0.29, 0.717) is 6.04 Å². The van der Waals surface area contributed by atoms with Crippen molar-refractivity contribution in [2.24, 2.45) is 11.8 Å². The number of rotatable bonds is 4. The monoisotopic (exact) mass is 287 g/mol. The summed E-state index contributed by atoms with van der Waals surface area (Å²) in [7, 11) is 1.75. The normalized spacial score (nSPS) is 29.0. The first-order chi connectivity index (χ1) is 10.3. The van der Waals surface area contributed by atoms with Crippen LogP contribution in [-0.4, -0.2) is 19.7 Å². The second-order valence-electron chi connectivity index (χ2n) is 7.00. The smallest absolute Gasteiger partial charge is 0.119 e. The summed E-state index contributed by atoms with van der Waals surface area (Å²) in [6.07, 6.45) is 9.36. The van der Waals surface area contributed by atoms with E-state index in [4.69, 9.17) is 4.74 Å². The van der Waals surface area contributed by atoms with Crippen LogP contribution in [0.4, 0.5) is 0 Å². The van der Waals surface area contributed by atoms with Crippen LogP contribution < -0.4 is 10.1 Å². The minimum Gasteiger partial charge on any atom is -0.497 e. The molecule has 116 valence electrons. The molecule has 2 heteroatoms. The van der Waals surface area contributed by atoms with Gasteiger partial charge >= 0.3 is 0 Å². The molecule has 1 aromatic carbocycles. The van der Waals surface area contributed by atoms with Crippen molar-refractivity contribution in [2.75, 3.05) is 13.7 Å². The highest BCUT2D eigenvalue weighted by molar-refractivity contribution is 5.37. The third kappa shape index (κ3) is 3.60. The van der Waals surface area contributed by atoms with Crippen molar-refractivity contribution in [1.82, 2.24) is 5.32 Å². The second kappa shape index (κ2) is 6.83. The van der Waals surface area contributed by atoms with E-state index in [-0.39, 0.29) is 0 Å². The molecule has 3 rings (SSSR count). The quantitative estimate of drug-likeness (QED) is 0.905. The van der Waals surface area contributed by atoms with Crippen LogP contribution in [-0.2, 0) is 12.8 Å². The summed E-state index contributed by atoms with van der Waals surface area (Å²) in [5, 5.41) is 3.86. The highest BCUT2D eigenvalue weighted by atomic mass is 16.5. The van der Waals surface area contributed by atoms with Gasteiger partial charge in [0.1, 0.15) is 5.75 Å². The van der Waals surface area contributed by atoms with Gasteiger partial charge in [0.2, 0.25) is 0 Å². The average molecular weight is 287 g/mol. The van der Waals surface area contributed by atoms with E-state index in [1.165, 1.54) is 56.2 Å². The van der Waals surface area contributed by atoms with Gasteiger partial charge in [-0.1, -0.05) is 32.3 Å². The molecule has 2 nitrogen and oxygen atoms in total. The van der Waals surface area contributed by atoms with Crippen LogP contribution in [0.1, 0.15) is 50.2 Å². The van der Waals surface area contributed by atoms with Gasteiger partial charge in [-0.2, -0.15) is 0 Å². The number of nitrogens with one attached hydrogen (secondary N) is 1. The Hall–Kier alpha value is -1.02. The van der Waals surface area contributed by atoms with E-state index in [0.717, 1.165) is 24.0 Å². The van der Waals surface area contributed by atoms with Crippen LogP contribution in [0.5, 0.6) is 5.75 Å². The summed E-state index contributed by atoms with van der Waals surface area (Å²) in [6.45, 7) is 3.65. The third-order valence-electron chi connectivity index (χ3n) is 5.60. The summed E-state index contributed by atoms with van der Waals surface area (Å²) < 4.78 is 5.36. The summed E-state index contributed by atoms with van der Waals surface area (Å²) >= 11 is 0. The standard InChI is InChI=1S/C19H29NO/c1-14-5-3-4-6-16(14)13-20-18-9-7-15-8-10-19(21-2)12-17(15)11-18/h8,10,12,14,16,18,20H,3-7,9,11,13H2,1-2H3. The molecule has 1 N–H and O–H groups in total. The highest BCUT2D eigenvalue weighted by Crippen LogP contribution is 2.30. The molecule has 0 spiro atoms. The van der Waals surface area contributed by atoms with Gasteiger partial charge in [-0.25, -0.2) is 0 Å². The lowest BCUT2D eigenvalue weighted by atomic mass is 9.80. The summed E-state index contributed by atoms with van der Waals surface area (Å²) in [6, 6.07) is 7.22. The number of fused-ring (bicyclic) bond motifs is 1. The highest BCUT2D eigenvalue weighted by Gasteiger charge is 2.24. The molecule has 1 aromatic rings. The van der Waals surface area contributed by atoms with E-state index in [9.17, 15) is 0 Å². The zero-order valence-electron chi connectivity index (χ0n) is 13.5. The number of hydrogen-bond donors (Lipinski definition) is 1. The Morgan fingerprint density at radius 3 is 2.81 bits per heavy atom. The topological polar surface area (TPSA) is 21.3 Å². The van der Waals surface area contributed by atoms with Crippen LogP contribution in [0.25, 0.3) is 0 Å². The van der Waals surface area contributed by atoms with Gasteiger partial charge in [0.25, 0.3) is 0 Å². The molecule has 0 bridgehead atoms. The lowest BCUT2D eigenvalue weighted by Crippen LogP contribution is -2.39. The molecule has 0 saturated heterocycles. The van der Waals surface area contributed by atoms with Gasteiger partial charge in [0.05, 0.1) is 7.11 Å². The van der Waals surface area contributed by atoms with Gasteiger partial charge in [0, 0.05) is 6.04 Å². The van der Waals surface area contributed by atoms with Crippen molar-refractivity contribution in [1.29, 1.82) is 0 Å². The molecule has 0 amide bonds. The molecule has 1 fully saturated rings. The van der Waals surface area contributed by atoms with Crippen molar-refractivity contribution in [3.8, 4) is 5.75 Å². The van der Waals surface area contributed by atoms with E-state index in [1.807, 2.05) is 0 Å². The first-order valence-corrected chi connectivity index (χ1v) is 8.65. The number of aryl methyl sites for hydroxylation is 1. The summed E-state index contributed by atoms with van der Waals surface area (Å²) in [5.74, 6) is 2.79. The Morgan fingerprint density at radius 1 is 1.14 bits per heavy atom. The molecular formula is C19H29NO. The molecular weight excluding hydrogens is 258 g/mol. The second-order valence-corrected chi connectivity index (χ2v) is 7.00. The summed E-state index contributed by atoms with van der Waals surface area (Å²) in [4.78, 5) is 0. The molecule has 2 aliphatic carbocycles. The number of ether oxygens (including phenoxy) is 1. The number of methoxy groups -OCH3 is 1. The van der Waals surface area contributed by atoms with E-state index in [2.05, 4.69) is 30.4 Å². The van der Waals surface area contributed by atoms with Gasteiger partial charge in [-0.15, -0.1) is 0 Å². The number of benzene rings is 1. The van der Waals surface area contributed by atoms with Gasteiger partial charge in [-0.3, -0.25) is 0 Å². The average Bonchev–Trinajstić information content (AvgIpc) is 2.53. The molecule has 0 radical (unpaired) electrons. The van der Waals surface area contributed by atoms with Crippen molar-refractivity contribution in [3.05, 3.63) is 29.3 Å². The van der Waals surface area contributed by atoms with Gasteiger partial charge in [0.15, 0.2) is 0 Å². The SMILES string of the molecule is COc1ccc2c(c1)CC(NCC1CCCCC1C)CC2. The zero-order valence-corrected chi connectivity index (χ0v) is 13.5. The minimum absolute atomic E-state index is 0.652. The fourth-order valence-corrected chi connectivity index (χ4v) is 4.05. The molecule has 21 heavy (non-hydrogen) atoms. The maximum absolute atomic E-state index is 5.36. The lowest BCUT2D eigenvalue weighted by Gasteiger charge is -2.32. The Balaban J connectivity index is 1.55. The molecule has 0 aliphatic heterocycles. The molecule has 1 saturated carbocycles. The first-order valence-electron chi connectivity index (χ1n) is 8.65. The zero-order chi connectivity index (χ0) is 14.7. The third-order valence-corrected chi connectivity index (χ3v) is 5.60. The molecule has 2 aliphatic rings. The lowest BCUT2D eigenvalue weighted by molar-refractivity contribution is 0.237. The Labute approximate surface area is 129 Å². The molecule has 0 heterocycles. The van der Waals surface area contributed by atoms with Crippen molar-refractivity contribution in [2.45, 2.75) is 57.9 Å². The summed E-state index contributed by atoms with van der Waals surface area (Å²) in [5.41, 5.74) is 3.00.